The maximum atomic E-state index is 13.3. The number of benzene rings is 1. The van der Waals surface area contributed by atoms with Crippen molar-refractivity contribution in [2.24, 2.45) is 11.5 Å². The number of nitrogens with zero attached hydrogens (tertiary/aromatic N) is 2. The third-order valence-corrected chi connectivity index (χ3v) is 10.0. The lowest BCUT2D eigenvalue weighted by Gasteiger charge is -2.64. The van der Waals surface area contributed by atoms with Gasteiger partial charge >= 0.3 is 6.09 Å². The lowest BCUT2D eigenvalue weighted by molar-refractivity contribution is -0.944. The molecule has 6 atom stereocenters. The molecule has 1 aromatic carbocycles. The zero-order valence-corrected chi connectivity index (χ0v) is 25.0. The SMILES string of the molecule is C=CC[N+]1(C)CC[C@]23c4c5ccc(OC(=O)N(C)CCNC(=O)[C@@H](N)CCCNC(=N)N)c4O[C@H]2C(=O)CC[C@@]3(O)[C@H]1C5. The fraction of sp³-hybridized carbons (Fsp3) is 0.600. The van der Waals surface area contributed by atoms with Crippen molar-refractivity contribution in [1.29, 1.82) is 5.41 Å². The molecular weight excluding hydrogens is 554 g/mol. The van der Waals surface area contributed by atoms with Gasteiger partial charge in [-0.3, -0.25) is 15.0 Å². The minimum Gasteiger partial charge on any atom is -0.477 e. The molecule has 2 bridgehead atoms. The Morgan fingerprint density at radius 3 is 2.84 bits per heavy atom. The number of aliphatic hydroxyl groups is 1. The van der Waals surface area contributed by atoms with Crippen LogP contribution in [-0.4, -0.2) is 109 Å². The minimum atomic E-state index is -1.14. The van der Waals surface area contributed by atoms with Gasteiger partial charge in [-0.1, -0.05) is 12.6 Å². The van der Waals surface area contributed by atoms with Crippen LogP contribution >= 0.6 is 0 Å². The van der Waals surface area contributed by atoms with Crippen LogP contribution in [0.15, 0.2) is 24.8 Å². The molecule has 0 radical (unpaired) electrons. The molecule has 1 saturated carbocycles. The number of ether oxygens (including phenoxy) is 2. The van der Waals surface area contributed by atoms with Gasteiger partial charge in [0.25, 0.3) is 0 Å². The average Bonchev–Trinajstić information content (AvgIpc) is 3.32. The van der Waals surface area contributed by atoms with Crippen molar-refractivity contribution in [2.45, 2.75) is 67.7 Å². The normalized spacial score (nSPS) is 30.4. The molecule has 13 heteroatoms. The van der Waals surface area contributed by atoms with Crippen LogP contribution in [0.5, 0.6) is 11.5 Å². The predicted molar refractivity (Wildman–Crippen MR) is 159 cm³/mol. The van der Waals surface area contributed by atoms with Gasteiger partial charge < -0.3 is 46.1 Å². The Hall–Kier alpha value is -3.68. The largest absolute Gasteiger partial charge is 0.477 e. The van der Waals surface area contributed by atoms with Crippen LogP contribution < -0.4 is 31.6 Å². The molecule has 2 fully saturated rings. The standard InChI is InChI=1S/C30H43N7O6/c1-4-15-37(3)16-11-29-23-18-7-8-21(24(23)43-25(29)20(38)9-10-30(29,41)22(37)17-18)42-28(40)36(2)14-13-34-26(39)19(31)6-5-12-35-27(32)33/h4,7-8,19,22,25,41H,1,5-6,9-17,31H2,2-3H3,(H4-,32,33,34,35,39)/p+1/t19-,22+,25-,29-,30+,37?/m0/s1. The quantitative estimate of drug-likeness (QED) is 0.0662. The smallest absolute Gasteiger partial charge is 0.415 e. The molecule has 43 heavy (non-hydrogen) atoms. The second-order valence-corrected chi connectivity index (χ2v) is 12.6. The molecule has 2 heterocycles. The first-order chi connectivity index (χ1) is 20.4. The molecular formula is C30H44N7O6+. The Bertz CT molecular complexity index is 1340. The Kier molecular flexibility index (Phi) is 8.18. The fourth-order valence-corrected chi connectivity index (χ4v) is 7.83. The van der Waals surface area contributed by atoms with Crippen molar-refractivity contribution in [3.8, 4) is 11.5 Å². The Labute approximate surface area is 251 Å². The zero-order chi connectivity index (χ0) is 31.2. The van der Waals surface area contributed by atoms with E-state index in [4.69, 9.17) is 26.4 Å². The van der Waals surface area contributed by atoms with Crippen LogP contribution in [0.25, 0.3) is 0 Å². The van der Waals surface area contributed by atoms with E-state index in [0.29, 0.717) is 48.9 Å². The Morgan fingerprint density at radius 2 is 2.12 bits per heavy atom. The van der Waals surface area contributed by atoms with E-state index >= 15 is 0 Å². The molecule has 1 saturated heterocycles. The van der Waals surface area contributed by atoms with Gasteiger partial charge in [0.2, 0.25) is 5.91 Å². The van der Waals surface area contributed by atoms with Gasteiger partial charge in [0.1, 0.15) is 11.6 Å². The van der Waals surface area contributed by atoms with Crippen molar-refractivity contribution in [2.75, 3.05) is 46.8 Å². The van der Waals surface area contributed by atoms with Gasteiger partial charge in [0.05, 0.1) is 31.6 Å². The van der Waals surface area contributed by atoms with Crippen LogP contribution in [0, 0.1) is 5.41 Å². The maximum Gasteiger partial charge on any atom is 0.415 e. The minimum absolute atomic E-state index is 0.0363. The summed E-state index contributed by atoms with van der Waals surface area (Å²) in [6.07, 6.45) is 3.23. The molecule has 5 rings (SSSR count). The number of nitrogens with two attached hydrogens (primary N) is 2. The Balaban J connectivity index is 1.27. The fourth-order valence-electron chi connectivity index (χ4n) is 7.83. The number of Topliss-reactive ketones (excluding diaryl/α,β-unsaturated/α-hetero) is 1. The number of piperidine rings is 1. The summed E-state index contributed by atoms with van der Waals surface area (Å²) in [5.74, 6) is 0.0755. The van der Waals surface area contributed by atoms with Crippen molar-refractivity contribution >= 4 is 23.7 Å². The number of likely N-dealkylation sites (tertiary alicyclic amines) is 1. The lowest BCUT2D eigenvalue weighted by atomic mass is 9.48. The summed E-state index contributed by atoms with van der Waals surface area (Å²) in [5.41, 5.74) is 11.0. The highest BCUT2D eigenvalue weighted by atomic mass is 16.6. The number of hydrogen-bond acceptors (Lipinski definition) is 8. The number of quaternary nitrogens is 1. The highest BCUT2D eigenvalue weighted by molar-refractivity contribution is 5.90. The average molecular weight is 599 g/mol. The van der Waals surface area contributed by atoms with Crippen LogP contribution in [0.2, 0.25) is 0 Å². The first-order valence-electron chi connectivity index (χ1n) is 15.0. The van der Waals surface area contributed by atoms with Crippen molar-refractivity contribution < 1.29 is 33.4 Å². The van der Waals surface area contributed by atoms with E-state index in [0.717, 1.165) is 24.2 Å². The zero-order valence-electron chi connectivity index (χ0n) is 25.0. The first-order valence-corrected chi connectivity index (χ1v) is 15.0. The lowest BCUT2D eigenvalue weighted by Crippen LogP contribution is -2.80. The summed E-state index contributed by atoms with van der Waals surface area (Å²) >= 11 is 0. The van der Waals surface area contributed by atoms with Gasteiger partial charge in [0.15, 0.2) is 29.3 Å². The van der Waals surface area contributed by atoms with E-state index in [1.807, 2.05) is 12.1 Å². The molecule has 234 valence electrons. The molecule has 1 aromatic rings. The van der Waals surface area contributed by atoms with Crippen LogP contribution in [0.1, 0.15) is 43.2 Å². The summed E-state index contributed by atoms with van der Waals surface area (Å²) in [4.78, 5) is 40.0. The predicted octanol–water partition coefficient (Wildman–Crippen LogP) is -0.122. The number of ketones is 1. The maximum absolute atomic E-state index is 13.3. The van der Waals surface area contributed by atoms with Crippen LogP contribution in [0.3, 0.4) is 0 Å². The van der Waals surface area contributed by atoms with Crippen molar-refractivity contribution in [3.05, 3.63) is 35.9 Å². The monoisotopic (exact) mass is 598 g/mol. The van der Waals surface area contributed by atoms with E-state index in [2.05, 4.69) is 24.3 Å². The molecule has 2 amide bonds. The third-order valence-electron chi connectivity index (χ3n) is 10.0. The summed E-state index contributed by atoms with van der Waals surface area (Å²) in [6.45, 7) is 6.24. The van der Waals surface area contributed by atoms with Gasteiger partial charge in [-0.05, 0) is 37.0 Å². The summed E-state index contributed by atoms with van der Waals surface area (Å²) in [7, 11) is 3.71. The van der Waals surface area contributed by atoms with Crippen molar-refractivity contribution in [3.63, 3.8) is 0 Å². The molecule has 2 aliphatic heterocycles. The van der Waals surface area contributed by atoms with Crippen molar-refractivity contribution in [1.82, 2.24) is 15.5 Å². The molecule has 13 nitrogen and oxygen atoms in total. The molecule has 0 aromatic heterocycles. The number of amides is 2. The number of guanidine groups is 1. The number of carbonyl (C=O) groups is 3. The molecule has 4 aliphatic rings. The molecule has 1 spiro atoms. The summed E-state index contributed by atoms with van der Waals surface area (Å²) < 4.78 is 12.8. The van der Waals surface area contributed by atoms with Gasteiger partial charge in [-0.25, -0.2) is 4.79 Å². The van der Waals surface area contributed by atoms with Gasteiger partial charge in [-0.2, -0.15) is 0 Å². The van der Waals surface area contributed by atoms with E-state index in [1.165, 1.54) is 4.90 Å². The summed E-state index contributed by atoms with van der Waals surface area (Å²) in [5, 5.41) is 25.0. The number of likely N-dealkylation sites (N-methyl/N-ethyl adjacent to an activating group) is 2. The van der Waals surface area contributed by atoms with Gasteiger partial charge in [0, 0.05) is 51.5 Å². The molecule has 8 N–H and O–H groups in total. The molecule has 1 unspecified atom stereocenters. The first kappa shape index (κ1) is 30.8. The van der Waals surface area contributed by atoms with Crippen LogP contribution in [-0.2, 0) is 21.4 Å². The highest BCUT2D eigenvalue weighted by Crippen LogP contribution is 2.65. The van der Waals surface area contributed by atoms with E-state index in [-0.39, 0.29) is 49.0 Å². The number of rotatable bonds is 11. The highest BCUT2D eigenvalue weighted by Gasteiger charge is 2.76. The van der Waals surface area contributed by atoms with E-state index in [1.54, 1.807) is 13.1 Å². The Morgan fingerprint density at radius 1 is 1.35 bits per heavy atom. The number of hydrogen-bond donors (Lipinski definition) is 6. The van der Waals surface area contributed by atoms with E-state index < -0.39 is 29.3 Å². The van der Waals surface area contributed by atoms with E-state index in [9.17, 15) is 19.5 Å². The topological polar surface area (TPSA) is 193 Å². The number of nitrogens with one attached hydrogen (secondary N) is 3. The second-order valence-electron chi connectivity index (χ2n) is 12.6. The molecule has 2 aliphatic carbocycles. The van der Waals surface area contributed by atoms with Crippen LogP contribution in [0.4, 0.5) is 4.79 Å². The third kappa shape index (κ3) is 5.02. The van der Waals surface area contributed by atoms with Gasteiger partial charge in [-0.15, -0.1) is 0 Å². The second kappa shape index (κ2) is 11.4. The summed E-state index contributed by atoms with van der Waals surface area (Å²) in [6, 6.07) is 2.80. The number of carbonyl (C=O) groups excluding carboxylic acids is 3.